The van der Waals surface area contributed by atoms with Crippen LogP contribution in [0.4, 0.5) is 0 Å². The quantitative estimate of drug-likeness (QED) is 0.0261. The second kappa shape index (κ2) is 60.4. The number of allylic oxidation sites excluding steroid dienone is 12. The second-order valence-electron chi connectivity index (χ2n) is 20.6. The minimum atomic E-state index is -0.778. The third-order valence-electron chi connectivity index (χ3n) is 13.4. The fourth-order valence-electron chi connectivity index (χ4n) is 8.81. The Balaban J connectivity index is 4.07. The standard InChI is InChI=1S/C66H116O6/c1-4-7-10-13-16-19-21-23-25-26-27-28-29-30-31-32-33-34-35-36-37-38-39-40-41-43-44-47-50-53-56-59-65(68)71-62-63(61-70-64(67)58-55-52-49-46-18-15-12-9-6-3)72-66(69)60-57-54-51-48-45-42-24-22-20-17-14-11-8-5-2/h7,10,14,16-17,19,22-25,27-28,63H,4-6,8-9,11-13,15,18,20-21,26,29-62H2,1-3H3/b10-7-,17-14-,19-16-,24-22-,25-23-,28-27-. The summed E-state index contributed by atoms with van der Waals surface area (Å²) >= 11 is 0. The van der Waals surface area contributed by atoms with Gasteiger partial charge >= 0.3 is 17.9 Å². The lowest BCUT2D eigenvalue weighted by atomic mass is 10.0. The molecule has 0 aromatic carbocycles. The number of carbonyl (C=O) groups is 3. The molecule has 0 aliphatic rings. The highest BCUT2D eigenvalue weighted by Gasteiger charge is 2.19. The summed E-state index contributed by atoms with van der Waals surface area (Å²) in [6.45, 7) is 6.48. The fourth-order valence-corrected chi connectivity index (χ4v) is 8.81. The molecule has 0 aliphatic heterocycles. The average Bonchev–Trinajstić information content (AvgIpc) is 3.38. The normalized spacial score (nSPS) is 12.5. The van der Waals surface area contributed by atoms with E-state index in [0.29, 0.717) is 19.3 Å². The molecule has 416 valence electrons. The summed E-state index contributed by atoms with van der Waals surface area (Å²) in [5.41, 5.74) is 0. The largest absolute Gasteiger partial charge is 0.462 e. The molecule has 72 heavy (non-hydrogen) atoms. The van der Waals surface area contributed by atoms with Crippen molar-refractivity contribution in [2.45, 2.75) is 316 Å². The van der Waals surface area contributed by atoms with Crippen LogP contribution in [0.15, 0.2) is 72.9 Å². The molecule has 0 amide bonds. The van der Waals surface area contributed by atoms with Gasteiger partial charge in [-0.2, -0.15) is 0 Å². The highest BCUT2D eigenvalue weighted by molar-refractivity contribution is 5.71. The van der Waals surface area contributed by atoms with E-state index in [-0.39, 0.29) is 31.1 Å². The van der Waals surface area contributed by atoms with Crippen molar-refractivity contribution >= 4 is 17.9 Å². The van der Waals surface area contributed by atoms with Gasteiger partial charge in [0.05, 0.1) is 0 Å². The molecule has 0 aromatic rings. The van der Waals surface area contributed by atoms with Crippen LogP contribution in [0.5, 0.6) is 0 Å². The van der Waals surface area contributed by atoms with Crippen molar-refractivity contribution in [3.8, 4) is 0 Å². The van der Waals surface area contributed by atoms with Gasteiger partial charge in [-0.05, 0) is 83.5 Å². The highest BCUT2D eigenvalue weighted by atomic mass is 16.6. The summed E-state index contributed by atoms with van der Waals surface area (Å²) in [5, 5.41) is 0. The first-order valence-corrected chi connectivity index (χ1v) is 30.9. The molecule has 0 rings (SSSR count). The average molecular weight is 1010 g/mol. The maximum atomic E-state index is 12.8. The zero-order valence-corrected chi connectivity index (χ0v) is 47.7. The van der Waals surface area contributed by atoms with Crippen LogP contribution < -0.4 is 0 Å². The van der Waals surface area contributed by atoms with Crippen molar-refractivity contribution in [1.82, 2.24) is 0 Å². The van der Waals surface area contributed by atoms with Crippen molar-refractivity contribution in [3.63, 3.8) is 0 Å². The van der Waals surface area contributed by atoms with Crippen LogP contribution in [-0.2, 0) is 28.6 Å². The predicted molar refractivity (Wildman–Crippen MR) is 311 cm³/mol. The van der Waals surface area contributed by atoms with E-state index in [4.69, 9.17) is 14.2 Å². The molecule has 1 atom stereocenters. The molecule has 0 spiro atoms. The fraction of sp³-hybridized carbons (Fsp3) is 0.773. The van der Waals surface area contributed by atoms with Crippen LogP contribution in [0.1, 0.15) is 310 Å². The number of hydrogen-bond acceptors (Lipinski definition) is 6. The van der Waals surface area contributed by atoms with Gasteiger partial charge in [0, 0.05) is 19.3 Å². The Labute approximate surface area is 446 Å². The van der Waals surface area contributed by atoms with Gasteiger partial charge in [-0.15, -0.1) is 0 Å². The van der Waals surface area contributed by atoms with E-state index in [1.807, 2.05) is 0 Å². The molecule has 0 bridgehead atoms. The molecule has 0 fully saturated rings. The molecule has 0 heterocycles. The Morgan fingerprint density at radius 2 is 0.556 bits per heavy atom. The molecule has 6 nitrogen and oxygen atoms in total. The van der Waals surface area contributed by atoms with Gasteiger partial charge in [0.15, 0.2) is 6.10 Å². The first-order valence-electron chi connectivity index (χ1n) is 30.9. The molecule has 1 unspecified atom stereocenters. The van der Waals surface area contributed by atoms with E-state index >= 15 is 0 Å². The lowest BCUT2D eigenvalue weighted by molar-refractivity contribution is -0.167. The minimum absolute atomic E-state index is 0.0768. The summed E-state index contributed by atoms with van der Waals surface area (Å²) in [6, 6.07) is 0. The predicted octanol–water partition coefficient (Wildman–Crippen LogP) is 20.9. The lowest BCUT2D eigenvalue weighted by Crippen LogP contribution is -2.30. The molecule has 6 heteroatoms. The molecular weight excluding hydrogens is 889 g/mol. The van der Waals surface area contributed by atoms with Gasteiger partial charge in [-0.1, -0.05) is 280 Å². The Morgan fingerprint density at radius 1 is 0.292 bits per heavy atom. The minimum Gasteiger partial charge on any atom is -0.462 e. The second-order valence-corrected chi connectivity index (χ2v) is 20.6. The smallest absolute Gasteiger partial charge is 0.306 e. The Bertz CT molecular complexity index is 1340. The van der Waals surface area contributed by atoms with Crippen molar-refractivity contribution < 1.29 is 28.6 Å². The molecule has 0 radical (unpaired) electrons. The summed E-state index contributed by atoms with van der Waals surface area (Å²) in [5.74, 6) is -0.881. The topological polar surface area (TPSA) is 78.9 Å². The van der Waals surface area contributed by atoms with E-state index < -0.39 is 6.10 Å². The van der Waals surface area contributed by atoms with Crippen LogP contribution in [0.2, 0.25) is 0 Å². The number of carbonyl (C=O) groups excluding carboxylic acids is 3. The third-order valence-corrected chi connectivity index (χ3v) is 13.4. The van der Waals surface area contributed by atoms with Crippen LogP contribution in [0.3, 0.4) is 0 Å². The summed E-state index contributed by atoms with van der Waals surface area (Å²) in [4.78, 5) is 38.1. The monoisotopic (exact) mass is 1000 g/mol. The number of hydrogen-bond donors (Lipinski definition) is 0. The lowest BCUT2D eigenvalue weighted by Gasteiger charge is -2.18. The van der Waals surface area contributed by atoms with E-state index in [2.05, 4.69) is 93.7 Å². The zero-order chi connectivity index (χ0) is 52.2. The Hall–Kier alpha value is -3.15. The van der Waals surface area contributed by atoms with E-state index in [1.165, 1.54) is 161 Å². The number of rotatable bonds is 56. The highest BCUT2D eigenvalue weighted by Crippen LogP contribution is 2.17. The maximum Gasteiger partial charge on any atom is 0.306 e. The first-order chi connectivity index (χ1) is 35.5. The zero-order valence-electron chi connectivity index (χ0n) is 47.7. The van der Waals surface area contributed by atoms with Crippen LogP contribution in [0.25, 0.3) is 0 Å². The first kappa shape index (κ1) is 68.8. The summed E-state index contributed by atoms with van der Waals surface area (Å²) in [7, 11) is 0. The summed E-state index contributed by atoms with van der Waals surface area (Å²) < 4.78 is 16.8. The molecule has 0 aromatic heterocycles. The van der Waals surface area contributed by atoms with E-state index in [1.54, 1.807) is 0 Å². The number of unbranched alkanes of at least 4 members (excludes halogenated alkanes) is 33. The van der Waals surface area contributed by atoms with Crippen molar-refractivity contribution in [2.75, 3.05) is 13.2 Å². The third kappa shape index (κ3) is 57.7. The Kier molecular flexibility index (Phi) is 57.8. The Morgan fingerprint density at radius 3 is 0.889 bits per heavy atom. The van der Waals surface area contributed by atoms with Gasteiger partial charge in [-0.3, -0.25) is 14.4 Å². The van der Waals surface area contributed by atoms with Gasteiger partial charge < -0.3 is 14.2 Å². The van der Waals surface area contributed by atoms with E-state index in [9.17, 15) is 14.4 Å². The van der Waals surface area contributed by atoms with Crippen molar-refractivity contribution in [2.24, 2.45) is 0 Å². The van der Waals surface area contributed by atoms with Crippen LogP contribution >= 0.6 is 0 Å². The molecule has 0 N–H and O–H groups in total. The summed E-state index contributed by atoms with van der Waals surface area (Å²) in [6.07, 6.45) is 77.9. The van der Waals surface area contributed by atoms with E-state index in [0.717, 1.165) is 109 Å². The maximum absolute atomic E-state index is 12.8. The number of esters is 3. The van der Waals surface area contributed by atoms with Gasteiger partial charge in [0.1, 0.15) is 13.2 Å². The molecular formula is C66H116O6. The van der Waals surface area contributed by atoms with Gasteiger partial charge in [-0.25, -0.2) is 0 Å². The molecule has 0 aliphatic carbocycles. The van der Waals surface area contributed by atoms with Gasteiger partial charge in [0.2, 0.25) is 0 Å². The van der Waals surface area contributed by atoms with Crippen molar-refractivity contribution in [1.29, 1.82) is 0 Å². The van der Waals surface area contributed by atoms with Gasteiger partial charge in [0.25, 0.3) is 0 Å². The van der Waals surface area contributed by atoms with Crippen LogP contribution in [-0.4, -0.2) is 37.2 Å². The van der Waals surface area contributed by atoms with Crippen LogP contribution in [0, 0.1) is 0 Å². The SMILES string of the molecule is CC/C=C\C/C=C\C/C=C\C/C=C\CCCCCCCCCCCCCCCCCCCCC(=O)OCC(COC(=O)CCCCCCCCCCC)OC(=O)CCCCCCC/C=C\C/C=C\CCCC. The molecule has 0 saturated carbocycles. The number of ether oxygens (including phenoxy) is 3. The molecule has 0 saturated heterocycles. The van der Waals surface area contributed by atoms with Crippen molar-refractivity contribution in [3.05, 3.63) is 72.9 Å².